The van der Waals surface area contributed by atoms with Crippen molar-refractivity contribution < 1.29 is 0 Å². The SMILES string of the molecule is C=C/C=N\C=C(/C=C)C(C)C. The van der Waals surface area contributed by atoms with Crippen LogP contribution >= 0.6 is 0 Å². The van der Waals surface area contributed by atoms with Crippen molar-refractivity contribution in [3.8, 4) is 0 Å². The molecule has 0 aliphatic carbocycles. The van der Waals surface area contributed by atoms with Crippen molar-refractivity contribution in [1.82, 2.24) is 0 Å². The van der Waals surface area contributed by atoms with Gasteiger partial charge in [-0.2, -0.15) is 0 Å². The highest BCUT2D eigenvalue weighted by molar-refractivity contribution is 5.70. The van der Waals surface area contributed by atoms with E-state index in [9.17, 15) is 0 Å². The van der Waals surface area contributed by atoms with E-state index in [1.807, 2.05) is 6.08 Å². The lowest BCUT2D eigenvalue weighted by Gasteiger charge is -2.02. The van der Waals surface area contributed by atoms with Gasteiger partial charge in [0.25, 0.3) is 0 Å². The Bertz CT molecular complexity index is 185. The topological polar surface area (TPSA) is 12.4 Å². The molecule has 0 aromatic heterocycles. The first kappa shape index (κ1) is 9.89. The van der Waals surface area contributed by atoms with Gasteiger partial charge in [-0.1, -0.05) is 39.2 Å². The maximum atomic E-state index is 4.01. The van der Waals surface area contributed by atoms with Crippen molar-refractivity contribution in [3.05, 3.63) is 37.1 Å². The van der Waals surface area contributed by atoms with Crippen molar-refractivity contribution in [2.45, 2.75) is 13.8 Å². The standard InChI is InChI=1S/C10H15N/c1-5-7-11-8-10(6-2)9(3)4/h5-9H,1-2H2,3-4H3/b10-8+,11-7-. The van der Waals surface area contributed by atoms with E-state index in [1.165, 1.54) is 0 Å². The summed E-state index contributed by atoms with van der Waals surface area (Å²) in [6, 6.07) is 0. The fraction of sp³-hybridized carbons (Fsp3) is 0.300. The molecular weight excluding hydrogens is 134 g/mol. The lowest BCUT2D eigenvalue weighted by atomic mass is 10.1. The lowest BCUT2D eigenvalue weighted by Crippen LogP contribution is -1.88. The molecule has 0 radical (unpaired) electrons. The third kappa shape index (κ3) is 4.31. The van der Waals surface area contributed by atoms with Crippen molar-refractivity contribution in [3.63, 3.8) is 0 Å². The second kappa shape index (κ2) is 5.66. The molecule has 0 fully saturated rings. The zero-order chi connectivity index (χ0) is 8.69. The van der Waals surface area contributed by atoms with Gasteiger partial charge >= 0.3 is 0 Å². The molecule has 0 unspecified atom stereocenters. The van der Waals surface area contributed by atoms with Gasteiger partial charge in [0.2, 0.25) is 0 Å². The molecular formula is C10H15N. The molecule has 0 aliphatic rings. The molecule has 0 saturated carbocycles. The average Bonchev–Trinajstić information content (AvgIpc) is 1.97. The Balaban J connectivity index is 4.23. The van der Waals surface area contributed by atoms with E-state index in [1.54, 1.807) is 18.5 Å². The summed E-state index contributed by atoms with van der Waals surface area (Å²) in [5.74, 6) is 0.481. The van der Waals surface area contributed by atoms with Crippen LogP contribution in [-0.4, -0.2) is 6.21 Å². The molecule has 1 nitrogen and oxygen atoms in total. The van der Waals surface area contributed by atoms with E-state index >= 15 is 0 Å². The number of allylic oxidation sites excluding steroid dienone is 3. The first-order chi connectivity index (χ1) is 5.22. The highest BCUT2D eigenvalue weighted by atomic mass is 14.7. The molecule has 0 rings (SSSR count). The quantitative estimate of drug-likeness (QED) is 0.430. The molecule has 0 amide bonds. The summed E-state index contributed by atoms with van der Waals surface area (Å²) in [5, 5.41) is 0. The summed E-state index contributed by atoms with van der Waals surface area (Å²) in [6.45, 7) is 11.4. The van der Waals surface area contributed by atoms with Gasteiger partial charge in [-0.05, 0) is 11.5 Å². The Hall–Kier alpha value is -1.11. The van der Waals surface area contributed by atoms with Crippen LogP contribution in [0.2, 0.25) is 0 Å². The maximum absolute atomic E-state index is 4.01. The average molecular weight is 149 g/mol. The van der Waals surface area contributed by atoms with Crippen molar-refractivity contribution in [1.29, 1.82) is 0 Å². The Morgan fingerprint density at radius 3 is 2.36 bits per heavy atom. The zero-order valence-electron chi connectivity index (χ0n) is 7.25. The Morgan fingerprint density at radius 1 is 1.36 bits per heavy atom. The van der Waals surface area contributed by atoms with Crippen LogP contribution in [0, 0.1) is 5.92 Å². The van der Waals surface area contributed by atoms with E-state index in [0.717, 1.165) is 5.57 Å². The molecule has 0 N–H and O–H groups in total. The number of hydrogen-bond donors (Lipinski definition) is 0. The van der Waals surface area contributed by atoms with Crippen LogP contribution in [0.4, 0.5) is 0 Å². The van der Waals surface area contributed by atoms with Crippen LogP contribution in [0.5, 0.6) is 0 Å². The Kier molecular flexibility index (Phi) is 5.09. The second-order valence-corrected chi connectivity index (χ2v) is 2.52. The third-order valence-corrected chi connectivity index (χ3v) is 1.32. The van der Waals surface area contributed by atoms with Gasteiger partial charge in [0.1, 0.15) is 0 Å². The molecule has 0 atom stereocenters. The van der Waals surface area contributed by atoms with Crippen LogP contribution in [0.15, 0.2) is 42.1 Å². The fourth-order valence-corrected chi connectivity index (χ4v) is 0.627. The highest BCUT2D eigenvalue weighted by Gasteiger charge is 1.95. The van der Waals surface area contributed by atoms with Crippen LogP contribution in [0.3, 0.4) is 0 Å². The molecule has 0 saturated heterocycles. The normalized spacial score (nSPS) is 12.5. The minimum absolute atomic E-state index is 0.481. The molecule has 0 aromatic carbocycles. The molecule has 0 spiro atoms. The zero-order valence-corrected chi connectivity index (χ0v) is 7.25. The number of nitrogens with zero attached hydrogens (tertiary/aromatic N) is 1. The van der Waals surface area contributed by atoms with Crippen molar-refractivity contribution >= 4 is 6.21 Å². The first-order valence-electron chi connectivity index (χ1n) is 3.69. The van der Waals surface area contributed by atoms with Gasteiger partial charge < -0.3 is 0 Å². The lowest BCUT2D eigenvalue weighted by molar-refractivity contribution is 0.789. The van der Waals surface area contributed by atoms with Crippen molar-refractivity contribution in [2.24, 2.45) is 10.9 Å². The van der Waals surface area contributed by atoms with E-state index in [2.05, 4.69) is 32.0 Å². The predicted molar refractivity (Wildman–Crippen MR) is 51.8 cm³/mol. The Labute approximate surface area is 68.9 Å². The number of rotatable bonds is 4. The summed E-state index contributed by atoms with van der Waals surface area (Å²) >= 11 is 0. The molecule has 0 heterocycles. The van der Waals surface area contributed by atoms with Gasteiger partial charge in [-0.25, -0.2) is 0 Å². The monoisotopic (exact) mass is 149 g/mol. The van der Waals surface area contributed by atoms with Gasteiger partial charge in [-0.3, -0.25) is 4.99 Å². The number of hydrogen-bond acceptors (Lipinski definition) is 1. The van der Waals surface area contributed by atoms with Crippen LogP contribution in [0.1, 0.15) is 13.8 Å². The van der Waals surface area contributed by atoms with E-state index in [4.69, 9.17) is 0 Å². The van der Waals surface area contributed by atoms with Gasteiger partial charge in [0.15, 0.2) is 0 Å². The molecule has 0 aliphatic heterocycles. The van der Waals surface area contributed by atoms with Crippen LogP contribution in [0.25, 0.3) is 0 Å². The smallest absolute Gasteiger partial charge is 0.0302 e. The van der Waals surface area contributed by atoms with E-state index in [0.29, 0.717) is 5.92 Å². The minimum atomic E-state index is 0.481. The summed E-state index contributed by atoms with van der Waals surface area (Å²) in [7, 11) is 0. The largest absolute Gasteiger partial charge is 0.264 e. The second-order valence-electron chi connectivity index (χ2n) is 2.52. The summed E-state index contributed by atoms with van der Waals surface area (Å²) in [6.07, 6.45) is 6.94. The summed E-state index contributed by atoms with van der Waals surface area (Å²) < 4.78 is 0. The maximum Gasteiger partial charge on any atom is 0.0302 e. The van der Waals surface area contributed by atoms with E-state index < -0.39 is 0 Å². The number of aliphatic imine (C=N–C) groups is 1. The summed E-state index contributed by atoms with van der Waals surface area (Å²) in [5.41, 5.74) is 1.14. The van der Waals surface area contributed by atoms with Gasteiger partial charge in [0, 0.05) is 12.4 Å². The molecule has 60 valence electrons. The molecule has 0 aromatic rings. The Morgan fingerprint density at radius 2 is 2.00 bits per heavy atom. The molecule has 11 heavy (non-hydrogen) atoms. The van der Waals surface area contributed by atoms with Gasteiger partial charge in [0.05, 0.1) is 0 Å². The first-order valence-corrected chi connectivity index (χ1v) is 3.69. The van der Waals surface area contributed by atoms with Crippen molar-refractivity contribution in [2.75, 3.05) is 0 Å². The van der Waals surface area contributed by atoms with Crippen LogP contribution in [-0.2, 0) is 0 Å². The molecule has 0 bridgehead atoms. The van der Waals surface area contributed by atoms with Gasteiger partial charge in [-0.15, -0.1) is 0 Å². The van der Waals surface area contributed by atoms with E-state index in [-0.39, 0.29) is 0 Å². The molecule has 1 heteroatoms. The predicted octanol–water partition coefficient (Wildman–Crippen LogP) is 2.97. The highest BCUT2D eigenvalue weighted by Crippen LogP contribution is 2.09. The third-order valence-electron chi connectivity index (χ3n) is 1.32. The summed E-state index contributed by atoms with van der Waals surface area (Å²) in [4.78, 5) is 4.01. The minimum Gasteiger partial charge on any atom is -0.264 e. The fourth-order valence-electron chi connectivity index (χ4n) is 0.627. The van der Waals surface area contributed by atoms with Crippen LogP contribution < -0.4 is 0 Å².